The summed E-state index contributed by atoms with van der Waals surface area (Å²) in [5.41, 5.74) is 0. The Morgan fingerprint density at radius 2 is 1.11 bits per heavy atom. The van der Waals surface area contributed by atoms with Crippen LogP contribution in [0.3, 0.4) is 0 Å². The van der Waals surface area contributed by atoms with E-state index >= 15 is 0 Å². The Bertz CT molecular complexity index is 914. The Hall–Kier alpha value is -3.14. The minimum absolute atomic E-state index is 0.160. The van der Waals surface area contributed by atoms with Crippen molar-refractivity contribution in [2.75, 3.05) is 0 Å². The van der Waals surface area contributed by atoms with Crippen LogP contribution in [0.15, 0.2) is 97.2 Å². The number of allylic oxidation sites excluding steroid dienone is 15. The van der Waals surface area contributed by atoms with E-state index in [0.29, 0.717) is 12.8 Å². The molecule has 0 aromatic heterocycles. The topological polar surface area (TPSA) is 63.6 Å². The predicted octanol–water partition coefficient (Wildman–Crippen LogP) is 11.9. The summed E-state index contributed by atoms with van der Waals surface area (Å²) in [5.74, 6) is -0.888. The Balaban J connectivity index is 4.23. The third-order valence-corrected chi connectivity index (χ3v) is 6.82. The standard InChI is InChI=1S/C40H62O4/c1-3-5-7-9-11-12-13-14-15-16-17-18-19-20-21-22-24-29-33-37-40(43)44-38(34-30-26-23-10-8-6-4-2)35-31-27-25-28-32-36-39(41)42/h5,7,11-12,14-15,17-18,20-21,23-24,26,29-30,34,38H,3-4,6,8-10,13,16,19,22,25,27-28,31-33,35-37H2,1-2H3,(H,41,42)/b7-5-,12-11-,15-14-,18-17-,21-20-,26-23-,29-24-,34-30+. The summed E-state index contributed by atoms with van der Waals surface area (Å²) < 4.78 is 5.79. The molecule has 246 valence electrons. The SMILES string of the molecule is CC/C=C\C/C=C\C/C=C\C/C=C\C/C=C\C/C=C\CCC(=O)OC(/C=C/C=C\CCCCC)CCCCCCCC(=O)O. The van der Waals surface area contributed by atoms with Crippen molar-refractivity contribution in [1.82, 2.24) is 0 Å². The summed E-state index contributed by atoms with van der Waals surface area (Å²) in [7, 11) is 0. The molecule has 44 heavy (non-hydrogen) atoms. The van der Waals surface area contributed by atoms with E-state index in [-0.39, 0.29) is 18.5 Å². The van der Waals surface area contributed by atoms with Gasteiger partial charge in [-0.15, -0.1) is 0 Å². The number of aliphatic carboxylic acids is 1. The number of unbranched alkanes of at least 4 members (excludes halogenated alkanes) is 7. The molecule has 0 heterocycles. The van der Waals surface area contributed by atoms with Crippen LogP contribution in [0.4, 0.5) is 0 Å². The number of hydrogen-bond donors (Lipinski definition) is 1. The Labute approximate surface area is 270 Å². The second-order valence-corrected chi connectivity index (χ2v) is 11.0. The van der Waals surface area contributed by atoms with Gasteiger partial charge in [0.05, 0.1) is 0 Å². The lowest BCUT2D eigenvalue weighted by Gasteiger charge is -2.14. The molecule has 1 unspecified atom stereocenters. The molecule has 0 aliphatic rings. The molecular weight excluding hydrogens is 544 g/mol. The maximum absolute atomic E-state index is 12.5. The zero-order chi connectivity index (χ0) is 32.2. The van der Waals surface area contributed by atoms with Gasteiger partial charge in [0, 0.05) is 12.8 Å². The smallest absolute Gasteiger partial charge is 0.306 e. The molecule has 4 nitrogen and oxygen atoms in total. The first-order valence-corrected chi connectivity index (χ1v) is 17.2. The molecular formula is C40H62O4. The van der Waals surface area contributed by atoms with E-state index in [4.69, 9.17) is 9.84 Å². The third-order valence-electron chi connectivity index (χ3n) is 6.82. The van der Waals surface area contributed by atoms with Gasteiger partial charge in [0.2, 0.25) is 0 Å². The molecule has 0 saturated heterocycles. The number of carboxylic acid groups (broad SMARTS) is 1. The minimum atomic E-state index is -0.728. The molecule has 0 aromatic carbocycles. The molecule has 0 fully saturated rings. The monoisotopic (exact) mass is 606 g/mol. The molecule has 0 saturated carbocycles. The van der Waals surface area contributed by atoms with Gasteiger partial charge in [0.25, 0.3) is 0 Å². The molecule has 4 heteroatoms. The number of hydrogen-bond acceptors (Lipinski definition) is 3. The van der Waals surface area contributed by atoms with E-state index in [2.05, 4.69) is 98.9 Å². The summed E-state index contributed by atoms with van der Waals surface area (Å²) in [4.78, 5) is 23.1. The lowest BCUT2D eigenvalue weighted by molar-refractivity contribution is -0.147. The number of carbonyl (C=O) groups excluding carboxylic acids is 1. The molecule has 0 aliphatic heterocycles. The average Bonchev–Trinajstić information content (AvgIpc) is 3.00. The second kappa shape index (κ2) is 34.4. The quantitative estimate of drug-likeness (QED) is 0.0398. The van der Waals surface area contributed by atoms with Crippen LogP contribution in [0, 0.1) is 0 Å². The van der Waals surface area contributed by atoms with Crippen LogP contribution in [0.1, 0.15) is 136 Å². The molecule has 0 amide bonds. The van der Waals surface area contributed by atoms with Gasteiger partial charge in [0.15, 0.2) is 0 Å². The van der Waals surface area contributed by atoms with E-state index in [0.717, 1.165) is 83.5 Å². The zero-order valence-corrected chi connectivity index (χ0v) is 27.9. The zero-order valence-electron chi connectivity index (χ0n) is 27.9. The van der Waals surface area contributed by atoms with E-state index in [1.807, 2.05) is 12.2 Å². The van der Waals surface area contributed by atoms with E-state index in [1.54, 1.807) is 0 Å². The highest BCUT2D eigenvalue weighted by molar-refractivity contribution is 5.69. The highest BCUT2D eigenvalue weighted by Gasteiger charge is 2.10. The highest BCUT2D eigenvalue weighted by atomic mass is 16.5. The van der Waals surface area contributed by atoms with Crippen molar-refractivity contribution in [1.29, 1.82) is 0 Å². The van der Waals surface area contributed by atoms with Gasteiger partial charge in [-0.2, -0.15) is 0 Å². The van der Waals surface area contributed by atoms with Gasteiger partial charge in [-0.25, -0.2) is 0 Å². The summed E-state index contributed by atoms with van der Waals surface area (Å²) in [5, 5.41) is 8.76. The lowest BCUT2D eigenvalue weighted by atomic mass is 10.1. The van der Waals surface area contributed by atoms with Crippen LogP contribution in [0.2, 0.25) is 0 Å². The van der Waals surface area contributed by atoms with Gasteiger partial charge in [0.1, 0.15) is 6.10 Å². The largest absolute Gasteiger partial charge is 0.481 e. The van der Waals surface area contributed by atoms with Crippen LogP contribution in [0.25, 0.3) is 0 Å². The van der Waals surface area contributed by atoms with Crippen LogP contribution in [-0.4, -0.2) is 23.1 Å². The van der Waals surface area contributed by atoms with E-state index < -0.39 is 5.97 Å². The van der Waals surface area contributed by atoms with Crippen molar-refractivity contribution in [2.24, 2.45) is 0 Å². The fraction of sp³-hybridized carbons (Fsp3) is 0.550. The second-order valence-electron chi connectivity index (χ2n) is 11.0. The number of carbonyl (C=O) groups is 2. The molecule has 0 bridgehead atoms. The molecule has 1 atom stereocenters. The molecule has 1 N–H and O–H groups in total. The Morgan fingerprint density at radius 3 is 1.68 bits per heavy atom. The first-order chi connectivity index (χ1) is 21.6. The van der Waals surface area contributed by atoms with Crippen LogP contribution >= 0.6 is 0 Å². The van der Waals surface area contributed by atoms with Crippen LogP contribution in [0.5, 0.6) is 0 Å². The number of ether oxygens (including phenoxy) is 1. The van der Waals surface area contributed by atoms with Crippen LogP contribution < -0.4 is 0 Å². The van der Waals surface area contributed by atoms with Crippen molar-refractivity contribution in [2.45, 2.75) is 142 Å². The van der Waals surface area contributed by atoms with Gasteiger partial charge >= 0.3 is 11.9 Å². The summed E-state index contributed by atoms with van der Waals surface area (Å²) in [6.45, 7) is 4.36. The van der Waals surface area contributed by atoms with Crippen molar-refractivity contribution in [3.05, 3.63) is 97.2 Å². The predicted molar refractivity (Wildman–Crippen MR) is 190 cm³/mol. The summed E-state index contributed by atoms with van der Waals surface area (Å²) in [6, 6.07) is 0. The molecule has 0 rings (SSSR count). The molecule has 0 radical (unpaired) electrons. The van der Waals surface area contributed by atoms with Gasteiger partial charge in [-0.3, -0.25) is 9.59 Å². The third kappa shape index (κ3) is 33.4. The van der Waals surface area contributed by atoms with Crippen molar-refractivity contribution in [3.63, 3.8) is 0 Å². The van der Waals surface area contributed by atoms with Gasteiger partial charge < -0.3 is 9.84 Å². The molecule has 0 aromatic rings. The Morgan fingerprint density at radius 1 is 0.568 bits per heavy atom. The number of carboxylic acids is 1. The van der Waals surface area contributed by atoms with Gasteiger partial charge in [-0.1, -0.05) is 137 Å². The summed E-state index contributed by atoms with van der Waals surface area (Å²) >= 11 is 0. The molecule has 0 aliphatic carbocycles. The summed E-state index contributed by atoms with van der Waals surface area (Å²) in [6.07, 6.45) is 51.5. The van der Waals surface area contributed by atoms with E-state index in [1.165, 1.54) is 19.3 Å². The van der Waals surface area contributed by atoms with Crippen LogP contribution in [-0.2, 0) is 14.3 Å². The first kappa shape index (κ1) is 40.9. The fourth-order valence-electron chi connectivity index (χ4n) is 4.29. The maximum atomic E-state index is 12.5. The minimum Gasteiger partial charge on any atom is -0.481 e. The normalized spacial score (nSPS) is 13.5. The van der Waals surface area contributed by atoms with E-state index in [9.17, 15) is 9.59 Å². The lowest BCUT2D eigenvalue weighted by Crippen LogP contribution is -2.15. The Kier molecular flexibility index (Phi) is 31.9. The van der Waals surface area contributed by atoms with Crippen molar-refractivity contribution < 1.29 is 19.4 Å². The fourth-order valence-corrected chi connectivity index (χ4v) is 4.29. The first-order valence-electron chi connectivity index (χ1n) is 17.2. The average molecular weight is 607 g/mol. The molecule has 0 spiro atoms. The van der Waals surface area contributed by atoms with Crippen molar-refractivity contribution in [3.8, 4) is 0 Å². The number of esters is 1. The number of rotatable bonds is 29. The highest BCUT2D eigenvalue weighted by Crippen LogP contribution is 2.13. The van der Waals surface area contributed by atoms with Crippen molar-refractivity contribution >= 4 is 11.9 Å². The maximum Gasteiger partial charge on any atom is 0.306 e. The van der Waals surface area contributed by atoms with Gasteiger partial charge in [-0.05, 0) is 83.1 Å².